The van der Waals surface area contributed by atoms with Crippen molar-refractivity contribution < 1.29 is 13.9 Å². The summed E-state index contributed by atoms with van der Waals surface area (Å²) in [6, 6.07) is 11.4. The lowest BCUT2D eigenvalue weighted by molar-refractivity contribution is -0.113. The molecule has 1 fully saturated rings. The van der Waals surface area contributed by atoms with E-state index < -0.39 is 5.82 Å². The minimum absolute atomic E-state index is 0.275. The SMILES string of the molecule is CCOc1ccc(Br)cc1/C=C1\SC(=S)N(c2cccc(F)c2)C1=O. The summed E-state index contributed by atoms with van der Waals surface area (Å²) in [5, 5.41) is 0. The van der Waals surface area contributed by atoms with Gasteiger partial charge in [-0.05, 0) is 49.4 Å². The molecule has 1 amide bonds. The number of thiocarbonyl (C=S) groups is 1. The highest BCUT2D eigenvalue weighted by Crippen LogP contribution is 2.37. The molecular formula is C18H13BrFNO2S2. The van der Waals surface area contributed by atoms with Gasteiger partial charge in [-0.1, -0.05) is 46.0 Å². The molecule has 2 aromatic carbocycles. The third kappa shape index (κ3) is 3.94. The molecule has 128 valence electrons. The number of halogens is 2. The van der Waals surface area contributed by atoms with Crippen LogP contribution in [0.25, 0.3) is 6.08 Å². The van der Waals surface area contributed by atoms with E-state index in [2.05, 4.69) is 15.9 Å². The van der Waals surface area contributed by atoms with Crippen LogP contribution in [0, 0.1) is 5.82 Å². The van der Waals surface area contributed by atoms with Crippen molar-refractivity contribution in [3.05, 3.63) is 63.2 Å². The second-order valence-corrected chi connectivity index (χ2v) is 7.70. The average Bonchev–Trinajstić information content (AvgIpc) is 2.84. The first kappa shape index (κ1) is 18.1. The summed E-state index contributed by atoms with van der Waals surface area (Å²) in [5.74, 6) is -0.00843. The number of nitrogens with zero attached hydrogens (tertiary/aromatic N) is 1. The Morgan fingerprint density at radius 1 is 1.32 bits per heavy atom. The van der Waals surface area contributed by atoms with Gasteiger partial charge in [0, 0.05) is 10.0 Å². The van der Waals surface area contributed by atoms with Crippen LogP contribution in [0.5, 0.6) is 5.75 Å². The van der Waals surface area contributed by atoms with Gasteiger partial charge in [-0.15, -0.1) is 0 Å². The van der Waals surface area contributed by atoms with E-state index >= 15 is 0 Å². The molecule has 0 atom stereocenters. The number of benzene rings is 2. The van der Waals surface area contributed by atoms with E-state index in [0.717, 1.165) is 10.0 Å². The van der Waals surface area contributed by atoms with Gasteiger partial charge >= 0.3 is 0 Å². The molecule has 0 bridgehead atoms. The topological polar surface area (TPSA) is 29.5 Å². The van der Waals surface area contributed by atoms with Gasteiger partial charge in [0.1, 0.15) is 11.6 Å². The molecule has 25 heavy (non-hydrogen) atoms. The molecule has 7 heteroatoms. The lowest BCUT2D eigenvalue weighted by Gasteiger charge is -2.14. The molecule has 0 saturated carbocycles. The van der Waals surface area contributed by atoms with Crippen LogP contribution in [-0.2, 0) is 4.79 Å². The molecule has 0 N–H and O–H groups in total. The molecule has 1 aliphatic heterocycles. The quantitative estimate of drug-likeness (QED) is 0.473. The van der Waals surface area contributed by atoms with Crippen molar-refractivity contribution in [1.29, 1.82) is 0 Å². The van der Waals surface area contributed by atoms with Crippen molar-refractivity contribution in [3.8, 4) is 5.75 Å². The van der Waals surface area contributed by atoms with Crippen LogP contribution in [0.2, 0.25) is 0 Å². The Labute approximate surface area is 163 Å². The van der Waals surface area contributed by atoms with E-state index in [1.54, 1.807) is 18.2 Å². The Morgan fingerprint density at radius 3 is 2.84 bits per heavy atom. The first-order valence-electron chi connectivity index (χ1n) is 7.45. The molecule has 3 rings (SSSR count). The molecule has 0 spiro atoms. The van der Waals surface area contributed by atoms with E-state index in [1.165, 1.54) is 28.8 Å². The first-order chi connectivity index (χ1) is 12.0. The van der Waals surface area contributed by atoms with E-state index in [4.69, 9.17) is 17.0 Å². The van der Waals surface area contributed by atoms with E-state index in [-0.39, 0.29) is 5.91 Å². The van der Waals surface area contributed by atoms with Crippen LogP contribution < -0.4 is 9.64 Å². The number of ether oxygens (including phenoxy) is 1. The van der Waals surface area contributed by atoms with Gasteiger partial charge in [0.05, 0.1) is 17.2 Å². The van der Waals surface area contributed by atoms with Crippen molar-refractivity contribution in [3.63, 3.8) is 0 Å². The third-order valence-electron chi connectivity index (χ3n) is 3.42. The molecular weight excluding hydrogens is 425 g/mol. The van der Waals surface area contributed by atoms with Crippen LogP contribution in [0.3, 0.4) is 0 Å². The van der Waals surface area contributed by atoms with Crippen molar-refractivity contribution in [2.24, 2.45) is 0 Å². The molecule has 1 saturated heterocycles. The van der Waals surface area contributed by atoms with Gasteiger partial charge in [0.2, 0.25) is 0 Å². The number of carbonyl (C=O) groups excluding carboxylic acids is 1. The molecule has 0 aliphatic carbocycles. The van der Waals surface area contributed by atoms with Crippen LogP contribution >= 0.6 is 39.9 Å². The molecule has 2 aromatic rings. The molecule has 0 aromatic heterocycles. The molecule has 3 nitrogen and oxygen atoms in total. The number of carbonyl (C=O) groups is 1. The second-order valence-electron chi connectivity index (χ2n) is 5.11. The summed E-state index contributed by atoms with van der Waals surface area (Å²) < 4.78 is 20.3. The van der Waals surface area contributed by atoms with Gasteiger partial charge in [0.25, 0.3) is 5.91 Å². The fourth-order valence-corrected chi connectivity index (χ4v) is 4.03. The predicted molar refractivity (Wildman–Crippen MR) is 107 cm³/mol. The summed E-state index contributed by atoms with van der Waals surface area (Å²) in [6.45, 7) is 2.42. The zero-order valence-corrected chi connectivity index (χ0v) is 16.4. The van der Waals surface area contributed by atoms with Gasteiger partial charge in [0.15, 0.2) is 4.32 Å². The Bertz CT molecular complexity index is 885. The van der Waals surface area contributed by atoms with Crippen molar-refractivity contribution in [2.75, 3.05) is 11.5 Å². The number of hydrogen-bond acceptors (Lipinski definition) is 4. The highest BCUT2D eigenvalue weighted by atomic mass is 79.9. The maximum Gasteiger partial charge on any atom is 0.270 e. The summed E-state index contributed by atoms with van der Waals surface area (Å²) in [6.07, 6.45) is 1.74. The number of thioether (sulfide) groups is 1. The van der Waals surface area contributed by atoms with E-state index in [0.29, 0.717) is 27.3 Å². The minimum Gasteiger partial charge on any atom is -0.493 e. The summed E-state index contributed by atoms with van der Waals surface area (Å²) >= 11 is 9.92. The smallest absolute Gasteiger partial charge is 0.270 e. The first-order valence-corrected chi connectivity index (χ1v) is 9.47. The summed E-state index contributed by atoms with van der Waals surface area (Å²) in [5.41, 5.74) is 1.20. The number of amides is 1. The van der Waals surface area contributed by atoms with Gasteiger partial charge in [-0.2, -0.15) is 0 Å². The van der Waals surface area contributed by atoms with Crippen molar-refractivity contribution >= 4 is 61.9 Å². The molecule has 1 aliphatic rings. The zero-order chi connectivity index (χ0) is 18.0. The maximum atomic E-state index is 13.5. The normalized spacial score (nSPS) is 16.0. The largest absolute Gasteiger partial charge is 0.493 e. The number of rotatable bonds is 4. The third-order valence-corrected chi connectivity index (χ3v) is 5.21. The monoisotopic (exact) mass is 437 g/mol. The molecule has 1 heterocycles. The Hall–Kier alpha value is -1.70. The second kappa shape index (κ2) is 7.68. The van der Waals surface area contributed by atoms with E-state index in [1.807, 2.05) is 25.1 Å². The lowest BCUT2D eigenvalue weighted by Crippen LogP contribution is -2.27. The lowest BCUT2D eigenvalue weighted by atomic mass is 10.2. The fourth-order valence-electron chi connectivity index (χ4n) is 2.37. The fraction of sp³-hybridized carbons (Fsp3) is 0.111. The number of hydrogen-bond donors (Lipinski definition) is 0. The average molecular weight is 438 g/mol. The highest BCUT2D eigenvalue weighted by Gasteiger charge is 2.33. The molecule has 0 radical (unpaired) electrons. The van der Waals surface area contributed by atoms with Crippen LogP contribution in [0.4, 0.5) is 10.1 Å². The standard InChI is InChI=1S/C18H13BrFNO2S2/c1-2-23-15-7-6-12(19)8-11(15)9-16-17(22)21(18(24)25-16)14-5-3-4-13(20)10-14/h3-10H,2H2,1H3/b16-9-. The molecule has 0 unspecified atom stereocenters. The van der Waals surface area contributed by atoms with Crippen molar-refractivity contribution in [1.82, 2.24) is 0 Å². The van der Waals surface area contributed by atoms with Crippen LogP contribution in [0.15, 0.2) is 51.8 Å². The summed E-state index contributed by atoms with van der Waals surface area (Å²) in [4.78, 5) is 14.6. The Kier molecular flexibility index (Phi) is 5.56. The van der Waals surface area contributed by atoms with Gasteiger partial charge < -0.3 is 4.74 Å². The van der Waals surface area contributed by atoms with Crippen LogP contribution in [-0.4, -0.2) is 16.8 Å². The van der Waals surface area contributed by atoms with Gasteiger partial charge in [-0.25, -0.2) is 4.39 Å². The minimum atomic E-state index is -0.416. The number of anilines is 1. The summed E-state index contributed by atoms with van der Waals surface area (Å²) in [7, 11) is 0. The Morgan fingerprint density at radius 2 is 2.12 bits per heavy atom. The van der Waals surface area contributed by atoms with E-state index in [9.17, 15) is 9.18 Å². The van der Waals surface area contributed by atoms with Crippen molar-refractivity contribution in [2.45, 2.75) is 6.92 Å². The van der Waals surface area contributed by atoms with Crippen LogP contribution in [0.1, 0.15) is 12.5 Å². The zero-order valence-electron chi connectivity index (χ0n) is 13.2. The highest BCUT2D eigenvalue weighted by molar-refractivity contribution is 9.10. The maximum absolute atomic E-state index is 13.5. The van der Waals surface area contributed by atoms with Gasteiger partial charge in [-0.3, -0.25) is 9.69 Å². The predicted octanol–water partition coefficient (Wildman–Crippen LogP) is 5.39. The Balaban J connectivity index is 1.97.